The van der Waals surface area contributed by atoms with Crippen molar-refractivity contribution >= 4 is 10.8 Å². The molecule has 1 heterocycles. The Balaban J connectivity index is 1.47. The Bertz CT molecular complexity index is 908. The molecule has 0 unspecified atom stereocenters. The van der Waals surface area contributed by atoms with Gasteiger partial charge in [0.2, 0.25) is 0 Å². The summed E-state index contributed by atoms with van der Waals surface area (Å²) in [7, 11) is 0. The van der Waals surface area contributed by atoms with Gasteiger partial charge in [0.1, 0.15) is 17.0 Å². The van der Waals surface area contributed by atoms with Crippen molar-refractivity contribution in [1.82, 2.24) is 0 Å². The summed E-state index contributed by atoms with van der Waals surface area (Å²) in [5, 5.41) is 0.823. The standard InChI is InChI=1S/C31H47FO2/c1-3-5-6-7-8-9-10-11-12-14-28-23-27-22-21-26(30(32)29(27)31(33)34-28)20-19-25-17-15-24(13-4-2)16-18-25/h21-25H,3-20H2,1-2H3. The van der Waals surface area contributed by atoms with Gasteiger partial charge >= 0.3 is 5.63 Å². The smallest absolute Gasteiger partial charge is 0.346 e. The predicted molar refractivity (Wildman–Crippen MR) is 142 cm³/mol. The zero-order valence-corrected chi connectivity index (χ0v) is 21.8. The number of unbranched alkanes of at least 4 members (excludes halogenated alkanes) is 8. The van der Waals surface area contributed by atoms with Crippen LogP contribution < -0.4 is 5.63 Å². The highest BCUT2D eigenvalue weighted by atomic mass is 19.1. The SMILES string of the molecule is CCCCCCCCCCCc1cc2ccc(CCC3CCC(CCC)CC3)c(F)c2c(=O)o1. The Morgan fingerprint density at radius 3 is 2.06 bits per heavy atom. The molecule has 190 valence electrons. The second-order valence-electron chi connectivity index (χ2n) is 10.8. The van der Waals surface area contributed by atoms with E-state index in [1.807, 2.05) is 18.2 Å². The second kappa shape index (κ2) is 14.7. The van der Waals surface area contributed by atoms with Crippen LogP contribution in [0.5, 0.6) is 0 Å². The molecule has 3 rings (SSSR count). The maximum atomic E-state index is 15.2. The normalized spacial score (nSPS) is 18.6. The Morgan fingerprint density at radius 2 is 1.41 bits per heavy atom. The quantitative estimate of drug-likeness (QED) is 0.243. The minimum atomic E-state index is -0.511. The molecule has 0 bridgehead atoms. The largest absolute Gasteiger partial charge is 0.427 e. The number of hydrogen-bond donors (Lipinski definition) is 0. The molecule has 0 amide bonds. The summed E-state index contributed by atoms with van der Waals surface area (Å²) in [6.07, 6.45) is 21.7. The van der Waals surface area contributed by atoms with E-state index in [1.165, 1.54) is 83.5 Å². The predicted octanol–water partition coefficient (Wildman–Crippen LogP) is 9.54. The van der Waals surface area contributed by atoms with Gasteiger partial charge in [-0.05, 0) is 48.1 Å². The molecule has 0 aliphatic heterocycles. The molecule has 34 heavy (non-hydrogen) atoms. The van der Waals surface area contributed by atoms with Crippen molar-refractivity contribution < 1.29 is 8.81 Å². The van der Waals surface area contributed by atoms with Gasteiger partial charge in [0, 0.05) is 6.42 Å². The first-order valence-electron chi connectivity index (χ1n) is 14.4. The van der Waals surface area contributed by atoms with E-state index in [2.05, 4.69) is 13.8 Å². The molecule has 2 nitrogen and oxygen atoms in total. The average Bonchev–Trinajstić information content (AvgIpc) is 2.83. The molecule has 0 atom stereocenters. The molecule has 0 saturated heterocycles. The van der Waals surface area contributed by atoms with Gasteiger partial charge in [-0.1, -0.05) is 116 Å². The highest BCUT2D eigenvalue weighted by Gasteiger charge is 2.21. The number of aryl methyl sites for hydroxylation is 2. The van der Waals surface area contributed by atoms with E-state index < -0.39 is 5.63 Å². The fraction of sp³-hybridized carbons (Fsp3) is 0.710. The third-order valence-electron chi connectivity index (χ3n) is 8.01. The van der Waals surface area contributed by atoms with Crippen LogP contribution in [0.1, 0.15) is 128 Å². The first kappa shape index (κ1) is 27.0. The monoisotopic (exact) mass is 470 g/mol. The number of benzene rings is 1. The fourth-order valence-corrected chi connectivity index (χ4v) is 5.84. The van der Waals surface area contributed by atoms with E-state index in [-0.39, 0.29) is 11.2 Å². The van der Waals surface area contributed by atoms with Crippen LogP contribution in [0, 0.1) is 17.7 Å². The number of fused-ring (bicyclic) bond motifs is 1. The molecule has 1 aliphatic rings. The van der Waals surface area contributed by atoms with Crippen LogP contribution in [0.3, 0.4) is 0 Å². The zero-order chi connectivity index (χ0) is 24.2. The van der Waals surface area contributed by atoms with Gasteiger partial charge < -0.3 is 4.42 Å². The first-order chi connectivity index (χ1) is 16.6. The Hall–Kier alpha value is -1.64. The van der Waals surface area contributed by atoms with Crippen molar-refractivity contribution in [1.29, 1.82) is 0 Å². The molecule has 0 N–H and O–H groups in total. The summed E-state index contributed by atoms with van der Waals surface area (Å²) in [6, 6.07) is 5.69. The van der Waals surface area contributed by atoms with Crippen LogP contribution in [-0.2, 0) is 12.8 Å². The zero-order valence-electron chi connectivity index (χ0n) is 21.8. The molecule has 1 aromatic heterocycles. The first-order valence-corrected chi connectivity index (χ1v) is 14.4. The van der Waals surface area contributed by atoms with E-state index in [0.717, 1.165) is 31.6 Å². The summed E-state index contributed by atoms with van der Waals surface area (Å²) in [4.78, 5) is 12.6. The third kappa shape index (κ3) is 8.24. The van der Waals surface area contributed by atoms with Gasteiger partial charge in [-0.3, -0.25) is 0 Å². The van der Waals surface area contributed by atoms with Gasteiger partial charge in [-0.15, -0.1) is 0 Å². The summed E-state index contributed by atoms with van der Waals surface area (Å²) < 4.78 is 20.8. The minimum absolute atomic E-state index is 0.139. The van der Waals surface area contributed by atoms with Gasteiger partial charge in [-0.25, -0.2) is 9.18 Å². The van der Waals surface area contributed by atoms with Crippen LogP contribution in [0.25, 0.3) is 10.8 Å². The molecule has 2 aromatic rings. The van der Waals surface area contributed by atoms with Crippen LogP contribution >= 0.6 is 0 Å². The molecule has 1 aliphatic carbocycles. The maximum absolute atomic E-state index is 15.2. The van der Waals surface area contributed by atoms with Crippen LogP contribution in [0.2, 0.25) is 0 Å². The van der Waals surface area contributed by atoms with E-state index in [4.69, 9.17) is 4.42 Å². The Labute approximate surface area is 206 Å². The lowest BCUT2D eigenvalue weighted by Crippen LogP contribution is -2.15. The molecule has 1 aromatic carbocycles. The van der Waals surface area contributed by atoms with Crippen LogP contribution in [0.4, 0.5) is 4.39 Å². The van der Waals surface area contributed by atoms with E-state index in [1.54, 1.807) is 0 Å². The van der Waals surface area contributed by atoms with Crippen molar-refractivity contribution in [2.24, 2.45) is 11.8 Å². The van der Waals surface area contributed by atoms with Gasteiger partial charge in [0.15, 0.2) is 0 Å². The third-order valence-corrected chi connectivity index (χ3v) is 8.01. The van der Waals surface area contributed by atoms with Gasteiger partial charge in [0.25, 0.3) is 0 Å². The van der Waals surface area contributed by atoms with E-state index in [0.29, 0.717) is 29.0 Å². The van der Waals surface area contributed by atoms with Gasteiger partial charge in [-0.2, -0.15) is 0 Å². The second-order valence-corrected chi connectivity index (χ2v) is 10.8. The topological polar surface area (TPSA) is 30.2 Å². The fourth-order valence-electron chi connectivity index (χ4n) is 5.84. The molecular weight excluding hydrogens is 423 g/mol. The number of rotatable bonds is 15. The lowest BCUT2D eigenvalue weighted by Gasteiger charge is -2.28. The maximum Gasteiger partial charge on any atom is 0.346 e. The van der Waals surface area contributed by atoms with Crippen molar-refractivity contribution in [3.8, 4) is 0 Å². The highest BCUT2D eigenvalue weighted by Crippen LogP contribution is 2.34. The summed E-state index contributed by atoms with van der Waals surface area (Å²) in [6.45, 7) is 4.52. The summed E-state index contributed by atoms with van der Waals surface area (Å²) in [5.74, 6) is 1.92. The molecular formula is C31H47FO2. The highest BCUT2D eigenvalue weighted by molar-refractivity contribution is 5.82. The van der Waals surface area contributed by atoms with Crippen LogP contribution in [0.15, 0.2) is 27.4 Å². The minimum Gasteiger partial charge on any atom is -0.427 e. The van der Waals surface area contributed by atoms with E-state index in [9.17, 15) is 4.79 Å². The molecule has 1 fully saturated rings. The van der Waals surface area contributed by atoms with E-state index >= 15 is 4.39 Å². The summed E-state index contributed by atoms with van der Waals surface area (Å²) >= 11 is 0. The van der Waals surface area contributed by atoms with Crippen molar-refractivity contribution in [3.05, 3.63) is 45.8 Å². The molecule has 3 heteroatoms. The Morgan fingerprint density at radius 1 is 0.794 bits per heavy atom. The Kier molecular flexibility index (Phi) is 11.6. The molecule has 0 radical (unpaired) electrons. The number of hydrogen-bond acceptors (Lipinski definition) is 2. The number of halogens is 1. The van der Waals surface area contributed by atoms with Crippen molar-refractivity contribution in [2.45, 2.75) is 129 Å². The molecule has 0 spiro atoms. The lowest BCUT2D eigenvalue weighted by molar-refractivity contribution is 0.252. The van der Waals surface area contributed by atoms with Crippen molar-refractivity contribution in [2.75, 3.05) is 0 Å². The summed E-state index contributed by atoms with van der Waals surface area (Å²) in [5.41, 5.74) is 0.157. The average molecular weight is 471 g/mol. The molecule has 1 saturated carbocycles. The van der Waals surface area contributed by atoms with Crippen molar-refractivity contribution in [3.63, 3.8) is 0 Å². The van der Waals surface area contributed by atoms with Crippen LogP contribution in [-0.4, -0.2) is 0 Å². The lowest BCUT2D eigenvalue weighted by atomic mass is 9.78. The van der Waals surface area contributed by atoms with Gasteiger partial charge in [0.05, 0.1) is 0 Å².